The molecule has 1 unspecified atom stereocenters. The molecule has 0 spiro atoms. The molecule has 1 N–H and O–H groups in total. The summed E-state index contributed by atoms with van der Waals surface area (Å²) >= 11 is 5.77. The molecular formula is C15H13ClN2O4. The fourth-order valence-corrected chi connectivity index (χ4v) is 1.84. The number of anilines is 1. The molecule has 7 heteroatoms. The number of carbonyl (C=O) groups excluding carboxylic acids is 1. The highest BCUT2D eigenvalue weighted by Crippen LogP contribution is 2.19. The predicted octanol–water partition coefficient (Wildman–Crippen LogP) is 3.65. The lowest BCUT2D eigenvalue weighted by molar-refractivity contribution is -0.384. The number of rotatable bonds is 5. The Labute approximate surface area is 131 Å². The van der Waals surface area contributed by atoms with Crippen LogP contribution in [0.25, 0.3) is 0 Å². The second kappa shape index (κ2) is 6.91. The fourth-order valence-electron chi connectivity index (χ4n) is 1.71. The lowest BCUT2D eigenvalue weighted by Gasteiger charge is -2.14. The molecule has 22 heavy (non-hydrogen) atoms. The maximum atomic E-state index is 12.0. The quantitative estimate of drug-likeness (QED) is 0.673. The second-order valence-corrected chi connectivity index (χ2v) is 4.95. The van der Waals surface area contributed by atoms with Gasteiger partial charge in [-0.1, -0.05) is 17.7 Å². The zero-order valence-corrected chi connectivity index (χ0v) is 12.4. The van der Waals surface area contributed by atoms with Gasteiger partial charge in [0.15, 0.2) is 6.10 Å². The van der Waals surface area contributed by atoms with Gasteiger partial charge in [0.1, 0.15) is 5.75 Å². The number of halogens is 1. The van der Waals surface area contributed by atoms with Gasteiger partial charge in [0.25, 0.3) is 11.6 Å². The van der Waals surface area contributed by atoms with E-state index in [4.69, 9.17) is 16.3 Å². The lowest BCUT2D eigenvalue weighted by Crippen LogP contribution is -2.30. The standard InChI is InChI=1S/C15H13ClN2O4/c1-10(22-14-7-5-11(16)6-8-14)15(19)17-12-3-2-4-13(9-12)18(20)21/h2-10H,1H3,(H,17,19). The Balaban J connectivity index is 2.00. The molecule has 6 nitrogen and oxygen atoms in total. The topological polar surface area (TPSA) is 81.5 Å². The molecule has 0 aliphatic carbocycles. The van der Waals surface area contributed by atoms with Gasteiger partial charge in [0.05, 0.1) is 4.92 Å². The monoisotopic (exact) mass is 320 g/mol. The summed E-state index contributed by atoms with van der Waals surface area (Å²) in [6, 6.07) is 12.3. The average Bonchev–Trinajstić information content (AvgIpc) is 2.49. The molecule has 0 heterocycles. The van der Waals surface area contributed by atoms with E-state index in [2.05, 4.69) is 5.32 Å². The van der Waals surface area contributed by atoms with Crippen LogP contribution in [-0.2, 0) is 4.79 Å². The summed E-state index contributed by atoms with van der Waals surface area (Å²) in [6.07, 6.45) is -0.763. The van der Waals surface area contributed by atoms with Crippen LogP contribution in [0.1, 0.15) is 6.92 Å². The van der Waals surface area contributed by atoms with E-state index in [-0.39, 0.29) is 5.69 Å². The van der Waals surface area contributed by atoms with Crippen molar-refractivity contribution < 1.29 is 14.5 Å². The van der Waals surface area contributed by atoms with Crippen molar-refractivity contribution in [2.45, 2.75) is 13.0 Å². The van der Waals surface area contributed by atoms with Gasteiger partial charge in [-0.3, -0.25) is 14.9 Å². The van der Waals surface area contributed by atoms with E-state index >= 15 is 0 Å². The minimum atomic E-state index is -0.763. The number of ether oxygens (including phenoxy) is 1. The summed E-state index contributed by atoms with van der Waals surface area (Å²) in [6.45, 7) is 1.58. The van der Waals surface area contributed by atoms with Crippen LogP contribution in [0.5, 0.6) is 5.75 Å². The molecule has 0 aliphatic rings. The van der Waals surface area contributed by atoms with Crippen molar-refractivity contribution >= 4 is 28.9 Å². The first kappa shape index (κ1) is 15.8. The first-order valence-electron chi connectivity index (χ1n) is 6.43. The molecule has 2 aromatic rings. The number of carbonyl (C=O) groups is 1. The van der Waals surface area contributed by atoms with Crippen molar-refractivity contribution in [1.82, 2.24) is 0 Å². The molecule has 0 bridgehead atoms. The Morgan fingerprint density at radius 2 is 1.95 bits per heavy atom. The van der Waals surface area contributed by atoms with Gasteiger partial charge in [-0.2, -0.15) is 0 Å². The van der Waals surface area contributed by atoms with Crippen LogP contribution >= 0.6 is 11.6 Å². The highest BCUT2D eigenvalue weighted by molar-refractivity contribution is 6.30. The van der Waals surface area contributed by atoms with Gasteiger partial charge in [-0.15, -0.1) is 0 Å². The van der Waals surface area contributed by atoms with Crippen LogP contribution in [0.4, 0.5) is 11.4 Å². The van der Waals surface area contributed by atoms with Gasteiger partial charge in [-0.25, -0.2) is 0 Å². The predicted molar refractivity (Wildman–Crippen MR) is 83.3 cm³/mol. The molecule has 2 rings (SSSR count). The number of nitro groups is 1. The van der Waals surface area contributed by atoms with Crippen molar-refractivity contribution in [3.8, 4) is 5.75 Å². The van der Waals surface area contributed by atoms with Crippen molar-refractivity contribution in [2.75, 3.05) is 5.32 Å². The Morgan fingerprint density at radius 1 is 1.27 bits per heavy atom. The lowest BCUT2D eigenvalue weighted by atomic mass is 10.2. The van der Waals surface area contributed by atoms with Crippen LogP contribution < -0.4 is 10.1 Å². The number of nitrogens with one attached hydrogen (secondary N) is 1. The first-order chi connectivity index (χ1) is 10.5. The van der Waals surface area contributed by atoms with Gasteiger partial charge in [0.2, 0.25) is 0 Å². The number of non-ortho nitro benzene ring substituents is 1. The molecule has 0 aromatic heterocycles. The third-order valence-corrected chi connectivity index (χ3v) is 3.07. The van der Waals surface area contributed by atoms with E-state index in [1.165, 1.54) is 18.2 Å². The van der Waals surface area contributed by atoms with Gasteiger partial charge < -0.3 is 10.1 Å². The van der Waals surface area contributed by atoms with Crippen LogP contribution in [0, 0.1) is 10.1 Å². The highest BCUT2D eigenvalue weighted by atomic mass is 35.5. The van der Waals surface area contributed by atoms with Crippen LogP contribution in [0.2, 0.25) is 5.02 Å². The minimum absolute atomic E-state index is 0.0935. The van der Waals surface area contributed by atoms with Gasteiger partial charge in [0, 0.05) is 22.8 Å². The van der Waals surface area contributed by atoms with Gasteiger partial charge >= 0.3 is 0 Å². The maximum Gasteiger partial charge on any atom is 0.271 e. The first-order valence-corrected chi connectivity index (χ1v) is 6.81. The summed E-state index contributed by atoms with van der Waals surface area (Å²) in [5, 5.41) is 13.8. The van der Waals surface area contributed by atoms with Crippen molar-refractivity contribution in [3.63, 3.8) is 0 Å². The molecule has 0 radical (unpaired) electrons. The number of hydrogen-bond donors (Lipinski definition) is 1. The number of benzene rings is 2. The van der Waals surface area contributed by atoms with E-state index in [1.54, 1.807) is 37.3 Å². The largest absolute Gasteiger partial charge is 0.481 e. The third kappa shape index (κ3) is 4.20. The Hall–Kier alpha value is -2.60. The highest BCUT2D eigenvalue weighted by Gasteiger charge is 2.16. The number of nitrogens with zero attached hydrogens (tertiary/aromatic N) is 1. The molecule has 0 fully saturated rings. The van der Waals surface area contributed by atoms with E-state index in [0.29, 0.717) is 16.5 Å². The number of nitro benzene ring substituents is 1. The molecule has 1 atom stereocenters. The Bertz CT molecular complexity index is 688. The van der Waals surface area contributed by atoms with Crippen LogP contribution in [0.15, 0.2) is 48.5 Å². The Kier molecular flexibility index (Phi) is 4.95. The molecule has 0 saturated carbocycles. The van der Waals surface area contributed by atoms with Crippen molar-refractivity contribution in [2.24, 2.45) is 0 Å². The normalized spacial score (nSPS) is 11.5. The third-order valence-electron chi connectivity index (χ3n) is 2.82. The van der Waals surface area contributed by atoms with Crippen LogP contribution in [0.3, 0.4) is 0 Å². The fraction of sp³-hybridized carbons (Fsp3) is 0.133. The summed E-state index contributed by atoms with van der Waals surface area (Å²) in [4.78, 5) is 22.2. The molecule has 114 valence electrons. The number of hydrogen-bond acceptors (Lipinski definition) is 4. The molecule has 2 aromatic carbocycles. The van der Waals surface area contributed by atoms with E-state index < -0.39 is 16.9 Å². The van der Waals surface area contributed by atoms with E-state index in [9.17, 15) is 14.9 Å². The Morgan fingerprint density at radius 3 is 2.59 bits per heavy atom. The minimum Gasteiger partial charge on any atom is -0.481 e. The van der Waals surface area contributed by atoms with Crippen LogP contribution in [-0.4, -0.2) is 16.9 Å². The summed E-state index contributed by atoms with van der Waals surface area (Å²) in [5.74, 6) is 0.0986. The average molecular weight is 321 g/mol. The molecule has 0 saturated heterocycles. The SMILES string of the molecule is CC(Oc1ccc(Cl)cc1)C(=O)Nc1cccc([N+](=O)[O-])c1. The van der Waals surface area contributed by atoms with Crippen molar-refractivity contribution in [1.29, 1.82) is 0 Å². The summed E-state index contributed by atoms with van der Waals surface area (Å²) in [7, 11) is 0. The second-order valence-electron chi connectivity index (χ2n) is 4.51. The molecule has 1 amide bonds. The molecule has 0 aliphatic heterocycles. The van der Waals surface area contributed by atoms with E-state index in [1.807, 2.05) is 0 Å². The van der Waals surface area contributed by atoms with E-state index in [0.717, 1.165) is 0 Å². The maximum absolute atomic E-state index is 12.0. The summed E-state index contributed by atoms with van der Waals surface area (Å²) in [5.41, 5.74) is 0.245. The molecular weight excluding hydrogens is 308 g/mol. The smallest absolute Gasteiger partial charge is 0.271 e. The summed E-state index contributed by atoms with van der Waals surface area (Å²) < 4.78 is 5.48. The van der Waals surface area contributed by atoms with Crippen molar-refractivity contribution in [3.05, 3.63) is 63.7 Å². The zero-order valence-electron chi connectivity index (χ0n) is 11.7. The number of amides is 1. The zero-order chi connectivity index (χ0) is 16.1. The van der Waals surface area contributed by atoms with Gasteiger partial charge in [-0.05, 0) is 37.3 Å².